The highest BCUT2D eigenvalue weighted by Crippen LogP contribution is 2.27. The number of ether oxygens (including phenoxy) is 2. The van der Waals surface area contributed by atoms with Gasteiger partial charge in [-0.15, -0.1) is 0 Å². The van der Waals surface area contributed by atoms with Gasteiger partial charge in [0.1, 0.15) is 17.3 Å². The second kappa shape index (κ2) is 5.10. The number of nitrogens with zero attached hydrogens (tertiary/aromatic N) is 2. The minimum atomic E-state index is -0.311. The summed E-state index contributed by atoms with van der Waals surface area (Å²) in [6.45, 7) is 0. The van der Waals surface area contributed by atoms with Gasteiger partial charge in [0.2, 0.25) is 0 Å². The summed E-state index contributed by atoms with van der Waals surface area (Å²) in [4.78, 5) is 4.26. The van der Waals surface area contributed by atoms with E-state index in [2.05, 4.69) is 4.98 Å². The van der Waals surface area contributed by atoms with Gasteiger partial charge >= 0.3 is 0 Å². The van der Waals surface area contributed by atoms with Gasteiger partial charge in [-0.2, -0.15) is 0 Å². The Morgan fingerprint density at radius 3 is 2.22 bits per heavy atom. The molecular weight excluding hydrogens is 230 g/mol. The maximum Gasteiger partial charge on any atom is 0.129 e. The number of hydrogen-bond acceptors (Lipinski definition) is 4. The van der Waals surface area contributed by atoms with Crippen molar-refractivity contribution >= 4 is 0 Å². The van der Waals surface area contributed by atoms with E-state index in [4.69, 9.17) is 15.2 Å². The highest BCUT2D eigenvalue weighted by Gasteiger charge is 2.15. The van der Waals surface area contributed by atoms with Crippen LogP contribution < -0.4 is 15.2 Å². The van der Waals surface area contributed by atoms with Gasteiger partial charge in [0.25, 0.3) is 0 Å². The van der Waals surface area contributed by atoms with Crippen LogP contribution in [0.5, 0.6) is 11.5 Å². The van der Waals surface area contributed by atoms with E-state index >= 15 is 0 Å². The van der Waals surface area contributed by atoms with E-state index in [1.165, 1.54) is 0 Å². The molecule has 5 nitrogen and oxygen atoms in total. The van der Waals surface area contributed by atoms with Crippen molar-refractivity contribution in [2.45, 2.75) is 6.04 Å². The van der Waals surface area contributed by atoms with Gasteiger partial charge in [-0.25, -0.2) is 4.98 Å². The van der Waals surface area contributed by atoms with Crippen molar-refractivity contribution in [2.75, 3.05) is 14.2 Å². The van der Waals surface area contributed by atoms with Crippen LogP contribution in [0.2, 0.25) is 0 Å². The molecule has 1 heterocycles. The van der Waals surface area contributed by atoms with E-state index in [1.54, 1.807) is 20.4 Å². The van der Waals surface area contributed by atoms with Gasteiger partial charge in [0.15, 0.2) is 0 Å². The lowest BCUT2D eigenvalue weighted by atomic mass is 10.1. The topological polar surface area (TPSA) is 62.3 Å². The van der Waals surface area contributed by atoms with Crippen molar-refractivity contribution in [1.29, 1.82) is 0 Å². The van der Waals surface area contributed by atoms with Gasteiger partial charge in [-0.3, -0.25) is 0 Å². The zero-order valence-electron chi connectivity index (χ0n) is 10.8. The van der Waals surface area contributed by atoms with Crippen LogP contribution in [0, 0.1) is 0 Å². The second-order valence-corrected chi connectivity index (χ2v) is 4.02. The van der Waals surface area contributed by atoms with Gasteiger partial charge in [0.05, 0.1) is 20.3 Å². The molecule has 0 amide bonds. The average molecular weight is 247 g/mol. The average Bonchev–Trinajstić information content (AvgIpc) is 2.83. The molecule has 0 bridgehead atoms. The Morgan fingerprint density at radius 1 is 1.17 bits per heavy atom. The van der Waals surface area contributed by atoms with E-state index < -0.39 is 0 Å². The molecule has 0 saturated heterocycles. The van der Waals surface area contributed by atoms with Crippen LogP contribution in [-0.4, -0.2) is 23.8 Å². The summed E-state index contributed by atoms with van der Waals surface area (Å²) in [7, 11) is 5.15. The number of methoxy groups -OCH3 is 2. The summed E-state index contributed by atoms with van der Waals surface area (Å²) < 4.78 is 12.4. The Kier molecular flexibility index (Phi) is 3.53. The smallest absolute Gasteiger partial charge is 0.129 e. The van der Waals surface area contributed by atoms with Crippen LogP contribution in [-0.2, 0) is 7.05 Å². The highest BCUT2D eigenvalue weighted by molar-refractivity contribution is 5.41. The number of hydrogen-bond donors (Lipinski definition) is 1. The minimum absolute atomic E-state index is 0.311. The third-order valence-corrected chi connectivity index (χ3v) is 2.87. The van der Waals surface area contributed by atoms with Crippen LogP contribution >= 0.6 is 0 Å². The van der Waals surface area contributed by atoms with Crippen LogP contribution in [0.15, 0.2) is 30.6 Å². The molecule has 2 N–H and O–H groups in total. The highest BCUT2D eigenvalue weighted by atomic mass is 16.5. The van der Waals surface area contributed by atoms with Crippen LogP contribution in [0.1, 0.15) is 17.4 Å². The van der Waals surface area contributed by atoms with Gasteiger partial charge in [0, 0.05) is 25.5 Å². The molecule has 5 heteroatoms. The summed E-state index contributed by atoms with van der Waals surface area (Å²) in [5.74, 6) is 2.23. The first-order valence-corrected chi connectivity index (χ1v) is 5.61. The molecule has 96 valence electrons. The predicted molar refractivity (Wildman–Crippen MR) is 68.8 cm³/mol. The molecule has 0 unspecified atom stereocenters. The molecule has 18 heavy (non-hydrogen) atoms. The molecular formula is C13H17N3O2. The largest absolute Gasteiger partial charge is 0.497 e. The Labute approximate surface area is 106 Å². The lowest BCUT2D eigenvalue weighted by molar-refractivity contribution is 0.393. The van der Waals surface area contributed by atoms with Gasteiger partial charge in [-0.1, -0.05) is 0 Å². The van der Waals surface area contributed by atoms with Crippen LogP contribution in [0.3, 0.4) is 0 Å². The Balaban J connectivity index is 2.41. The van der Waals surface area contributed by atoms with E-state index in [9.17, 15) is 0 Å². The number of aryl methyl sites for hydroxylation is 1. The molecule has 1 atom stereocenters. The fourth-order valence-corrected chi connectivity index (χ4v) is 1.83. The Morgan fingerprint density at radius 2 is 1.78 bits per heavy atom. The maximum absolute atomic E-state index is 6.21. The zero-order chi connectivity index (χ0) is 13.1. The normalized spacial score (nSPS) is 12.2. The molecule has 0 radical (unpaired) electrons. The Hall–Kier alpha value is -2.01. The van der Waals surface area contributed by atoms with E-state index in [0.29, 0.717) is 11.5 Å². The lowest BCUT2D eigenvalue weighted by Crippen LogP contribution is -2.16. The number of aromatic nitrogens is 2. The van der Waals surface area contributed by atoms with E-state index in [1.807, 2.05) is 36.0 Å². The number of nitrogens with two attached hydrogens (primary N) is 1. The molecule has 0 aliphatic heterocycles. The summed E-state index contributed by atoms with van der Waals surface area (Å²) in [6, 6.07) is 5.28. The van der Waals surface area contributed by atoms with Crippen molar-refractivity contribution in [2.24, 2.45) is 12.8 Å². The van der Waals surface area contributed by atoms with E-state index in [0.717, 1.165) is 11.4 Å². The Bertz CT molecular complexity index is 515. The zero-order valence-corrected chi connectivity index (χ0v) is 10.8. The van der Waals surface area contributed by atoms with Crippen molar-refractivity contribution in [3.05, 3.63) is 42.0 Å². The summed E-state index contributed by atoms with van der Waals surface area (Å²) in [5, 5.41) is 0. The molecule has 1 aromatic carbocycles. The van der Waals surface area contributed by atoms with Crippen molar-refractivity contribution in [3.8, 4) is 11.5 Å². The third-order valence-electron chi connectivity index (χ3n) is 2.87. The quantitative estimate of drug-likeness (QED) is 0.889. The molecule has 0 saturated carbocycles. The van der Waals surface area contributed by atoms with Gasteiger partial charge in [-0.05, 0) is 17.7 Å². The first kappa shape index (κ1) is 12.4. The monoisotopic (exact) mass is 247 g/mol. The van der Waals surface area contributed by atoms with Crippen molar-refractivity contribution < 1.29 is 9.47 Å². The molecule has 0 aliphatic carbocycles. The fraction of sp³-hybridized carbons (Fsp3) is 0.308. The predicted octanol–water partition coefficient (Wildman–Crippen LogP) is 1.49. The molecule has 0 spiro atoms. The van der Waals surface area contributed by atoms with Crippen molar-refractivity contribution in [1.82, 2.24) is 9.55 Å². The number of benzene rings is 1. The van der Waals surface area contributed by atoms with E-state index in [-0.39, 0.29) is 6.04 Å². The maximum atomic E-state index is 6.21. The fourth-order valence-electron chi connectivity index (χ4n) is 1.83. The van der Waals surface area contributed by atoms with Crippen molar-refractivity contribution in [3.63, 3.8) is 0 Å². The molecule has 2 rings (SSSR count). The SMILES string of the molecule is COc1cc(OC)cc([C@H](N)c2nccn2C)c1. The molecule has 1 aromatic heterocycles. The summed E-state index contributed by atoms with van der Waals surface area (Å²) >= 11 is 0. The molecule has 2 aromatic rings. The molecule has 0 aliphatic rings. The first-order chi connectivity index (χ1) is 8.65. The number of rotatable bonds is 4. The number of imidazole rings is 1. The van der Waals surface area contributed by atoms with Gasteiger partial charge < -0.3 is 19.8 Å². The standard InChI is InChI=1S/C13H17N3O2/c1-16-5-4-15-13(16)12(14)9-6-10(17-2)8-11(7-9)18-3/h4-8,12H,14H2,1-3H3/t12-/m0/s1. The van der Waals surface area contributed by atoms with Crippen LogP contribution in [0.25, 0.3) is 0 Å². The first-order valence-electron chi connectivity index (χ1n) is 5.61. The lowest BCUT2D eigenvalue weighted by Gasteiger charge is -2.14. The third kappa shape index (κ3) is 2.31. The van der Waals surface area contributed by atoms with Crippen LogP contribution in [0.4, 0.5) is 0 Å². The minimum Gasteiger partial charge on any atom is -0.497 e. The second-order valence-electron chi connectivity index (χ2n) is 4.02. The molecule has 0 fully saturated rings. The summed E-state index contributed by atoms with van der Waals surface area (Å²) in [6.07, 6.45) is 3.60. The summed E-state index contributed by atoms with van der Waals surface area (Å²) in [5.41, 5.74) is 7.12.